The van der Waals surface area contributed by atoms with E-state index in [0.29, 0.717) is 31.6 Å². The average Bonchev–Trinajstić information content (AvgIpc) is 2.77. The molecule has 0 radical (unpaired) electrons. The van der Waals surface area contributed by atoms with E-state index in [1.807, 2.05) is 6.92 Å². The molecule has 0 N–H and O–H groups in total. The van der Waals surface area contributed by atoms with E-state index >= 15 is 0 Å². The van der Waals surface area contributed by atoms with Crippen LogP contribution < -0.4 is 4.31 Å². The Morgan fingerprint density at radius 1 is 1.03 bits per heavy atom. The summed E-state index contributed by atoms with van der Waals surface area (Å²) in [7, 11) is -2.57. The number of amides is 1. The number of nitrogens with zero attached hydrogens (tertiary/aromatic N) is 2. The SMILES string of the molecule is COC(=O)C1CCN(C(=O)CN(c2ccccc2)S(=O)(=O)c2ccc(C)cc2)CC1. The fourth-order valence-electron chi connectivity index (χ4n) is 3.50. The van der Waals surface area contributed by atoms with E-state index in [1.54, 1.807) is 59.5 Å². The molecule has 2 aromatic rings. The zero-order valence-electron chi connectivity index (χ0n) is 17.2. The normalized spacial score (nSPS) is 14.9. The van der Waals surface area contributed by atoms with Gasteiger partial charge in [0.2, 0.25) is 5.91 Å². The first-order valence-electron chi connectivity index (χ1n) is 9.83. The van der Waals surface area contributed by atoms with Crippen molar-refractivity contribution >= 4 is 27.6 Å². The monoisotopic (exact) mass is 430 g/mol. The summed E-state index contributed by atoms with van der Waals surface area (Å²) >= 11 is 0. The maximum atomic E-state index is 13.3. The number of rotatable bonds is 6. The van der Waals surface area contributed by atoms with Crippen molar-refractivity contribution in [2.24, 2.45) is 5.92 Å². The molecular formula is C22H26N2O5S. The summed E-state index contributed by atoms with van der Waals surface area (Å²) in [5.74, 6) is -0.784. The van der Waals surface area contributed by atoms with Crippen LogP contribution in [0.5, 0.6) is 0 Å². The summed E-state index contributed by atoms with van der Waals surface area (Å²) in [4.78, 5) is 26.4. The smallest absolute Gasteiger partial charge is 0.308 e. The molecule has 2 aromatic carbocycles. The molecule has 1 fully saturated rings. The van der Waals surface area contributed by atoms with Gasteiger partial charge in [0.1, 0.15) is 6.54 Å². The molecule has 0 atom stereocenters. The summed E-state index contributed by atoms with van der Waals surface area (Å²) < 4.78 is 32.6. The molecule has 8 heteroatoms. The van der Waals surface area contributed by atoms with E-state index in [2.05, 4.69) is 0 Å². The van der Waals surface area contributed by atoms with E-state index < -0.39 is 10.0 Å². The summed E-state index contributed by atoms with van der Waals surface area (Å²) in [6.07, 6.45) is 1.02. The lowest BCUT2D eigenvalue weighted by Crippen LogP contribution is -2.46. The number of likely N-dealkylation sites (tertiary alicyclic amines) is 1. The van der Waals surface area contributed by atoms with Gasteiger partial charge in [0.15, 0.2) is 0 Å². The van der Waals surface area contributed by atoms with Gasteiger partial charge in [-0.25, -0.2) is 8.42 Å². The molecule has 3 rings (SSSR count). The quantitative estimate of drug-likeness (QED) is 0.658. The molecule has 7 nitrogen and oxygen atoms in total. The van der Waals surface area contributed by atoms with Crippen LogP contribution in [0, 0.1) is 12.8 Å². The van der Waals surface area contributed by atoms with Gasteiger partial charge in [0, 0.05) is 13.1 Å². The number of benzene rings is 2. The lowest BCUT2D eigenvalue weighted by molar-refractivity contribution is -0.148. The Hall–Kier alpha value is -2.87. The molecule has 0 aliphatic carbocycles. The Morgan fingerprint density at radius 3 is 2.20 bits per heavy atom. The number of methoxy groups -OCH3 is 1. The van der Waals surface area contributed by atoms with Crippen LogP contribution in [0.2, 0.25) is 0 Å². The predicted molar refractivity (Wildman–Crippen MR) is 113 cm³/mol. The Labute approximate surface area is 177 Å². The van der Waals surface area contributed by atoms with Crippen LogP contribution in [0.25, 0.3) is 0 Å². The van der Waals surface area contributed by atoms with Gasteiger partial charge in [-0.3, -0.25) is 13.9 Å². The zero-order chi connectivity index (χ0) is 21.7. The second-order valence-corrected chi connectivity index (χ2v) is 9.20. The van der Waals surface area contributed by atoms with Crippen LogP contribution in [0.4, 0.5) is 5.69 Å². The Morgan fingerprint density at radius 2 is 1.63 bits per heavy atom. The molecule has 0 bridgehead atoms. The van der Waals surface area contributed by atoms with Gasteiger partial charge in [-0.2, -0.15) is 0 Å². The number of hydrogen-bond acceptors (Lipinski definition) is 5. The second-order valence-electron chi connectivity index (χ2n) is 7.34. The first-order chi connectivity index (χ1) is 14.3. The molecule has 0 unspecified atom stereocenters. The molecule has 0 aromatic heterocycles. The molecular weight excluding hydrogens is 404 g/mol. The summed E-state index contributed by atoms with van der Waals surface area (Å²) in [6.45, 7) is 2.37. The van der Waals surface area contributed by atoms with Crippen LogP contribution in [-0.2, 0) is 24.3 Å². The highest BCUT2D eigenvalue weighted by molar-refractivity contribution is 7.92. The molecule has 1 amide bonds. The maximum Gasteiger partial charge on any atom is 0.308 e. The molecule has 30 heavy (non-hydrogen) atoms. The predicted octanol–water partition coefficient (Wildman–Crippen LogP) is 2.60. The minimum absolute atomic E-state index is 0.133. The van der Waals surface area contributed by atoms with Crippen LogP contribution in [0.3, 0.4) is 0 Å². The van der Waals surface area contributed by atoms with Crippen molar-refractivity contribution in [3.05, 3.63) is 60.2 Å². The standard InChI is InChI=1S/C22H26N2O5S/c1-17-8-10-20(11-9-17)30(27,28)24(19-6-4-3-5-7-19)16-21(25)23-14-12-18(13-15-23)22(26)29-2/h3-11,18H,12-16H2,1-2H3. The Bertz CT molecular complexity index is 982. The first kappa shape index (κ1) is 21.8. The first-order valence-corrected chi connectivity index (χ1v) is 11.3. The number of esters is 1. The van der Waals surface area contributed by atoms with Crippen LogP contribution in [-0.4, -0.2) is 51.9 Å². The lowest BCUT2D eigenvalue weighted by Gasteiger charge is -2.33. The number of hydrogen-bond donors (Lipinski definition) is 0. The molecule has 0 saturated carbocycles. The number of ether oxygens (including phenoxy) is 1. The second kappa shape index (κ2) is 9.30. The number of sulfonamides is 1. The van der Waals surface area contributed by atoms with Gasteiger partial charge in [0.25, 0.3) is 10.0 Å². The Balaban J connectivity index is 1.81. The highest BCUT2D eigenvalue weighted by Crippen LogP contribution is 2.25. The van der Waals surface area contributed by atoms with Crippen molar-refractivity contribution in [3.63, 3.8) is 0 Å². The maximum absolute atomic E-state index is 13.3. The van der Waals surface area contributed by atoms with Gasteiger partial charge < -0.3 is 9.64 Å². The number of carbonyl (C=O) groups is 2. The van der Waals surface area contributed by atoms with Crippen molar-refractivity contribution in [2.75, 3.05) is 31.0 Å². The number of anilines is 1. The van der Waals surface area contributed by atoms with Gasteiger partial charge in [-0.15, -0.1) is 0 Å². The molecule has 1 aliphatic heterocycles. The highest BCUT2D eigenvalue weighted by Gasteiger charge is 2.32. The fourth-order valence-corrected chi connectivity index (χ4v) is 4.92. The van der Waals surface area contributed by atoms with E-state index in [0.717, 1.165) is 9.87 Å². The van der Waals surface area contributed by atoms with Crippen LogP contribution in [0.1, 0.15) is 18.4 Å². The van der Waals surface area contributed by atoms with Gasteiger partial charge in [0.05, 0.1) is 23.6 Å². The van der Waals surface area contributed by atoms with Gasteiger partial charge >= 0.3 is 5.97 Å². The molecule has 160 valence electrons. The third-order valence-corrected chi connectivity index (χ3v) is 7.10. The van der Waals surface area contributed by atoms with Crippen molar-refractivity contribution in [1.29, 1.82) is 0 Å². The number of piperidine rings is 1. The topological polar surface area (TPSA) is 84.0 Å². The highest BCUT2D eigenvalue weighted by atomic mass is 32.2. The number of para-hydroxylation sites is 1. The fraction of sp³-hybridized carbons (Fsp3) is 0.364. The summed E-state index contributed by atoms with van der Waals surface area (Å²) in [5.41, 5.74) is 1.38. The van der Waals surface area contributed by atoms with Crippen molar-refractivity contribution in [1.82, 2.24) is 4.90 Å². The number of carbonyl (C=O) groups excluding carboxylic acids is 2. The van der Waals surface area contributed by atoms with Crippen molar-refractivity contribution in [3.8, 4) is 0 Å². The van der Waals surface area contributed by atoms with Gasteiger partial charge in [-0.1, -0.05) is 35.9 Å². The van der Waals surface area contributed by atoms with Crippen molar-refractivity contribution in [2.45, 2.75) is 24.7 Å². The van der Waals surface area contributed by atoms with E-state index in [1.165, 1.54) is 7.11 Å². The zero-order valence-corrected chi connectivity index (χ0v) is 18.0. The lowest BCUT2D eigenvalue weighted by atomic mass is 9.97. The van der Waals surface area contributed by atoms with E-state index in [4.69, 9.17) is 4.74 Å². The summed E-state index contributed by atoms with van der Waals surface area (Å²) in [5, 5.41) is 0. The molecule has 1 heterocycles. The third kappa shape index (κ3) is 4.81. The minimum atomic E-state index is -3.92. The number of aryl methyl sites for hydroxylation is 1. The minimum Gasteiger partial charge on any atom is -0.469 e. The third-order valence-electron chi connectivity index (χ3n) is 5.31. The van der Waals surface area contributed by atoms with E-state index in [-0.39, 0.29) is 29.2 Å². The Kier molecular flexibility index (Phi) is 6.77. The molecule has 1 aliphatic rings. The molecule has 0 spiro atoms. The van der Waals surface area contributed by atoms with Crippen molar-refractivity contribution < 1.29 is 22.7 Å². The largest absolute Gasteiger partial charge is 0.469 e. The van der Waals surface area contributed by atoms with E-state index in [9.17, 15) is 18.0 Å². The van der Waals surface area contributed by atoms with Crippen LogP contribution >= 0.6 is 0 Å². The average molecular weight is 431 g/mol. The molecule has 1 saturated heterocycles. The summed E-state index contributed by atoms with van der Waals surface area (Å²) in [6, 6.07) is 15.2. The van der Waals surface area contributed by atoms with Crippen LogP contribution in [0.15, 0.2) is 59.5 Å². The van der Waals surface area contributed by atoms with Gasteiger partial charge in [-0.05, 0) is 44.0 Å².